The Morgan fingerprint density at radius 3 is 2.92 bits per heavy atom. The lowest BCUT2D eigenvalue weighted by atomic mass is 9.92. The normalized spacial score (nSPS) is 17.2. The van der Waals surface area contributed by atoms with E-state index in [1.54, 1.807) is 11.0 Å². The number of urea groups is 1. The first-order valence-corrected chi connectivity index (χ1v) is 8.51. The third-order valence-electron chi connectivity index (χ3n) is 4.91. The Labute approximate surface area is 140 Å². The Bertz CT molecular complexity index is 705. The molecule has 1 saturated heterocycles. The number of carbonyl (C=O) groups is 1. The van der Waals surface area contributed by atoms with Gasteiger partial charge in [0.05, 0.1) is 6.10 Å². The Hall–Kier alpha value is -2.08. The molecule has 130 valence electrons. The van der Waals surface area contributed by atoms with Gasteiger partial charge in [-0.25, -0.2) is 9.18 Å². The predicted molar refractivity (Wildman–Crippen MR) is 91.3 cm³/mol. The molecule has 1 fully saturated rings. The first-order valence-electron chi connectivity index (χ1n) is 8.51. The van der Waals surface area contributed by atoms with Crippen LogP contribution in [0, 0.1) is 11.7 Å². The zero-order chi connectivity index (χ0) is 17.1. The summed E-state index contributed by atoms with van der Waals surface area (Å²) in [7, 11) is 0. The number of nitrogens with one attached hydrogen (secondary N) is 2. The number of rotatable bonds is 4. The summed E-state index contributed by atoms with van der Waals surface area (Å²) in [6, 6.07) is 4.61. The van der Waals surface area contributed by atoms with Crippen LogP contribution in [-0.4, -0.2) is 46.8 Å². The molecule has 2 amide bonds. The molecule has 1 aliphatic rings. The Morgan fingerprint density at radius 1 is 1.46 bits per heavy atom. The van der Waals surface area contributed by atoms with Crippen molar-refractivity contribution in [3.05, 3.63) is 35.8 Å². The molecule has 24 heavy (non-hydrogen) atoms. The third-order valence-corrected chi connectivity index (χ3v) is 4.91. The summed E-state index contributed by atoms with van der Waals surface area (Å²) in [5.74, 6) is 0.0311. The molecule has 2 aromatic rings. The molecule has 5 nitrogen and oxygen atoms in total. The van der Waals surface area contributed by atoms with Crippen LogP contribution in [-0.2, 0) is 6.42 Å². The van der Waals surface area contributed by atoms with E-state index in [0.717, 1.165) is 29.3 Å². The lowest BCUT2D eigenvalue weighted by Crippen LogP contribution is -2.46. The number of likely N-dealkylation sites (tertiary alicyclic amines) is 1. The van der Waals surface area contributed by atoms with E-state index in [-0.39, 0.29) is 23.9 Å². The van der Waals surface area contributed by atoms with Gasteiger partial charge in [-0.2, -0.15) is 0 Å². The molecular weight excluding hydrogens is 309 g/mol. The Morgan fingerprint density at radius 2 is 2.21 bits per heavy atom. The number of aliphatic hydroxyl groups is 1. The molecule has 0 radical (unpaired) electrons. The number of aliphatic hydroxyl groups excluding tert-OH is 1. The van der Waals surface area contributed by atoms with Gasteiger partial charge in [-0.1, -0.05) is 0 Å². The van der Waals surface area contributed by atoms with Crippen molar-refractivity contribution in [1.82, 2.24) is 15.2 Å². The van der Waals surface area contributed by atoms with Crippen LogP contribution in [0.5, 0.6) is 0 Å². The maximum absolute atomic E-state index is 13.4. The van der Waals surface area contributed by atoms with Crippen LogP contribution in [0.3, 0.4) is 0 Å². The molecule has 0 bridgehead atoms. The fourth-order valence-corrected chi connectivity index (χ4v) is 3.36. The van der Waals surface area contributed by atoms with Crippen molar-refractivity contribution in [2.45, 2.75) is 32.3 Å². The number of nitrogens with zero attached hydrogens (tertiary/aromatic N) is 1. The van der Waals surface area contributed by atoms with Gasteiger partial charge in [0.2, 0.25) is 0 Å². The van der Waals surface area contributed by atoms with Crippen molar-refractivity contribution < 1.29 is 14.3 Å². The quantitative estimate of drug-likeness (QED) is 0.805. The Balaban J connectivity index is 1.49. The third kappa shape index (κ3) is 3.70. The number of piperidine rings is 1. The molecule has 1 aromatic heterocycles. The topological polar surface area (TPSA) is 68.4 Å². The van der Waals surface area contributed by atoms with Crippen LogP contribution in [0.1, 0.15) is 25.3 Å². The van der Waals surface area contributed by atoms with E-state index in [4.69, 9.17) is 0 Å². The second kappa shape index (κ2) is 7.21. The maximum Gasteiger partial charge on any atom is 0.317 e. The summed E-state index contributed by atoms with van der Waals surface area (Å²) in [6.45, 7) is 3.68. The highest BCUT2D eigenvalue weighted by Gasteiger charge is 2.25. The van der Waals surface area contributed by atoms with Gasteiger partial charge in [0.1, 0.15) is 5.82 Å². The number of halogens is 1. The van der Waals surface area contributed by atoms with E-state index in [9.17, 15) is 14.3 Å². The molecule has 3 N–H and O–H groups in total. The molecule has 6 heteroatoms. The van der Waals surface area contributed by atoms with E-state index in [1.165, 1.54) is 12.1 Å². The summed E-state index contributed by atoms with van der Waals surface area (Å²) >= 11 is 0. The zero-order valence-electron chi connectivity index (χ0n) is 13.9. The van der Waals surface area contributed by atoms with Gasteiger partial charge in [0.25, 0.3) is 0 Å². The minimum Gasteiger partial charge on any atom is -0.393 e. The fourth-order valence-electron chi connectivity index (χ4n) is 3.36. The first kappa shape index (κ1) is 16.8. The largest absolute Gasteiger partial charge is 0.393 e. The zero-order valence-corrected chi connectivity index (χ0v) is 13.9. The number of carbonyl (C=O) groups excluding carboxylic acids is 1. The highest BCUT2D eigenvalue weighted by molar-refractivity contribution is 5.83. The SMILES string of the molecule is CC(O)C1CCN(C(=O)NCCc2c[nH]c3ccc(F)cc23)CC1. The van der Waals surface area contributed by atoms with Gasteiger partial charge < -0.3 is 20.3 Å². The van der Waals surface area contributed by atoms with Crippen molar-refractivity contribution in [3.63, 3.8) is 0 Å². The monoisotopic (exact) mass is 333 g/mol. The van der Waals surface area contributed by atoms with E-state index in [2.05, 4.69) is 10.3 Å². The van der Waals surface area contributed by atoms with Gasteiger partial charge in [0, 0.05) is 36.7 Å². The van der Waals surface area contributed by atoms with Gasteiger partial charge in [-0.3, -0.25) is 0 Å². The Kier molecular flexibility index (Phi) is 5.04. The van der Waals surface area contributed by atoms with E-state index in [1.807, 2.05) is 13.1 Å². The number of hydrogen-bond acceptors (Lipinski definition) is 2. The van der Waals surface area contributed by atoms with Gasteiger partial charge in [-0.05, 0) is 55.9 Å². The number of benzene rings is 1. The molecule has 1 aliphatic heterocycles. The highest BCUT2D eigenvalue weighted by Crippen LogP contribution is 2.21. The van der Waals surface area contributed by atoms with Gasteiger partial charge in [0.15, 0.2) is 0 Å². The number of hydrogen-bond donors (Lipinski definition) is 3. The molecular formula is C18H24FN3O2. The summed E-state index contributed by atoms with van der Waals surface area (Å²) in [6.07, 6.45) is 3.89. The van der Waals surface area contributed by atoms with Crippen molar-refractivity contribution >= 4 is 16.9 Å². The summed E-state index contributed by atoms with van der Waals surface area (Å²) in [5.41, 5.74) is 1.90. The van der Waals surface area contributed by atoms with Crippen molar-refractivity contribution in [3.8, 4) is 0 Å². The molecule has 3 rings (SSSR count). The molecule has 1 unspecified atom stereocenters. The first-order chi connectivity index (χ1) is 11.5. The number of amides is 2. The maximum atomic E-state index is 13.4. The molecule has 0 aliphatic carbocycles. The number of aromatic nitrogens is 1. The minimum absolute atomic E-state index is 0.0648. The molecule has 0 saturated carbocycles. The number of aromatic amines is 1. The van der Waals surface area contributed by atoms with Crippen LogP contribution < -0.4 is 5.32 Å². The number of fused-ring (bicyclic) bond motifs is 1. The van der Waals surface area contributed by atoms with Crippen LogP contribution in [0.4, 0.5) is 9.18 Å². The predicted octanol–water partition coefficient (Wildman–Crippen LogP) is 2.65. The molecule has 2 heterocycles. The molecule has 1 atom stereocenters. The smallest absolute Gasteiger partial charge is 0.317 e. The van der Waals surface area contributed by atoms with Crippen LogP contribution >= 0.6 is 0 Å². The van der Waals surface area contributed by atoms with E-state index in [0.29, 0.717) is 26.1 Å². The van der Waals surface area contributed by atoms with Gasteiger partial charge >= 0.3 is 6.03 Å². The average Bonchev–Trinajstić information content (AvgIpc) is 2.97. The minimum atomic E-state index is -0.308. The van der Waals surface area contributed by atoms with Crippen LogP contribution in [0.25, 0.3) is 10.9 Å². The summed E-state index contributed by atoms with van der Waals surface area (Å²) in [5, 5.41) is 13.4. The standard InChI is InChI=1S/C18H24FN3O2/c1-12(23)13-5-8-22(9-6-13)18(24)20-7-4-14-11-21-17-3-2-15(19)10-16(14)17/h2-3,10-13,21,23H,4-9H2,1H3,(H,20,24). The van der Waals surface area contributed by atoms with Crippen molar-refractivity contribution in [2.24, 2.45) is 5.92 Å². The molecule has 1 aromatic carbocycles. The number of H-pyrrole nitrogens is 1. The van der Waals surface area contributed by atoms with E-state index >= 15 is 0 Å². The lowest BCUT2D eigenvalue weighted by Gasteiger charge is -2.33. The summed E-state index contributed by atoms with van der Waals surface area (Å²) < 4.78 is 13.4. The summed E-state index contributed by atoms with van der Waals surface area (Å²) in [4.78, 5) is 17.1. The van der Waals surface area contributed by atoms with Gasteiger partial charge in [-0.15, -0.1) is 0 Å². The fraction of sp³-hybridized carbons (Fsp3) is 0.500. The van der Waals surface area contributed by atoms with Crippen molar-refractivity contribution in [1.29, 1.82) is 0 Å². The van der Waals surface area contributed by atoms with Crippen molar-refractivity contribution in [2.75, 3.05) is 19.6 Å². The van der Waals surface area contributed by atoms with Crippen LogP contribution in [0.2, 0.25) is 0 Å². The second-order valence-corrected chi connectivity index (χ2v) is 6.55. The lowest BCUT2D eigenvalue weighted by molar-refractivity contribution is 0.0799. The molecule has 0 spiro atoms. The highest BCUT2D eigenvalue weighted by atomic mass is 19.1. The second-order valence-electron chi connectivity index (χ2n) is 6.55. The van der Waals surface area contributed by atoms with E-state index < -0.39 is 0 Å². The van der Waals surface area contributed by atoms with Crippen LogP contribution in [0.15, 0.2) is 24.4 Å². The average molecular weight is 333 g/mol.